The van der Waals surface area contributed by atoms with Crippen molar-refractivity contribution in [2.24, 2.45) is 0 Å². The molecule has 0 saturated carbocycles. The molecule has 2 aromatic carbocycles. The molecule has 2 amide bonds. The summed E-state index contributed by atoms with van der Waals surface area (Å²) in [7, 11) is 1.74. The van der Waals surface area contributed by atoms with Crippen LogP contribution in [0.2, 0.25) is 0 Å². The number of para-hydroxylation sites is 2. The number of rotatable bonds is 6. The first kappa shape index (κ1) is 21.7. The van der Waals surface area contributed by atoms with E-state index in [4.69, 9.17) is 9.47 Å². The average molecular weight is 411 g/mol. The standard InChI is InChI=1S/C24H30N2O4/c1-24(2,3)18-11-9-17(10-12-18)23(28)25-14-13-22(27)26(4)15-19-16-29-20-7-5-6-8-21(20)30-19/h5-12,19H,13-16H2,1-4H3,(H,25,28). The topological polar surface area (TPSA) is 67.9 Å². The van der Waals surface area contributed by atoms with E-state index in [-0.39, 0.29) is 36.3 Å². The Balaban J connectivity index is 1.42. The first-order valence-corrected chi connectivity index (χ1v) is 10.3. The summed E-state index contributed by atoms with van der Waals surface area (Å²) < 4.78 is 11.6. The number of carbonyl (C=O) groups excluding carboxylic acids is 2. The van der Waals surface area contributed by atoms with Crippen LogP contribution < -0.4 is 14.8 Å². The summed E-state index contributed by atoms with van der Waals surface area (Å²) in [6, 6.07) is 15.1. The highest BCUT2D eigenvalue weighted by Crippen LogP contribution is 2.31. The van der Waals surface area contributed by atoms with E-state index in [0.717, 1.165) is 5.75 Å². The minimum absolute atomic E-state index is 0.0428. The molecular formula is C24H30N2O4. The van der Waals surface area contributed by atoms with Crippen molar-refractivity contribution in [1.29, 1.82) is 0 Å². The Morgan fingerprint density at radius 1 is 1.07 bits per heavy atom. The van der Waals surface area contributed by atoms with E-state index >= 15 is 0 Å². The van der Waals surface area contributed by atoms with Crippen molar-refractivity contribution in [3.05, 3.63) is 59.7 Å². The first-order chi connectivity index (χ1) is 14.2. The van der Waals surface area contributed by atoms with Gasteiger partial charge in [-0.3, -0.25) is 9.59 Å². The molecule has 1 unspecified atom stereocenters. The molecule has 1 atom stereocenters. The molecule has 0 radical (unpaired) electrons. The van der Waals surface area contributed by atoms with Crippen molar-refractivity contribution >= 4 is 11.8 Å². The molecule has 1 aliphatic heterocycles. The quantitative estimate of drug-likeness (QED) is 0.793. The predicted octanol–water partition coefficient (Wildman–Crippen LogP) is 3.40. The molecule has 0 saturated heterocycles. The van der Waals surface area contributed by atoms with Gasteiger partial charge in [0.05, 0.1) is 6.54 Å². The number of fused-ring (bicyclic) bond motifs is 1. The molecule has 0 bridgehead atoms. The van der Waals surface area contributed by atoms with E-state index < -0.39 is 0 Å². The van der Waals surface area contributed by atoms with E-state index in [0.29, 0.717) is 24.5 Å². The van der Waals surface area contributed by atoms with Gasteiger partial charge in [-0.1, -0.05) is 45.0 Å². The Bertz CT molecular complexity index is 887. The van der Waals surface area contributed by atoms with Gasteiger partial charge in [0.2, 0.25) is 5.91 Å². The normalized spacial score (nSPS) is 15.4. The van der Waals surface area contributed by atoms with Crippen LogP contribution in [0.15, 0.2) is 48.5 Å². The average Bonchev–Trinajstić information content (AvgIpc) is 2.73. The van der Waals surface area contributed by atoms with Crippen molar-refractivity contribution < 1.29 is 19.1 Å². The van der Waals surface area contributed by atoms with Gasteiger partial charge in [-0.15, -0.1) is 0 Å². The van der Waals surface area contributed by atoms with Gasteiger partial charge in [0.25, 0.3) is 5.91 Å². The Labute approximate surface area is 178 Å². The molecule has 1 aliphatic rings. The third-order valence-corrected chi connectivity index (χ3v) is 5.11. The molecule has 0 aliphatic carbocycles. The summed E-state index contributed by atoms with van der Waals surface area (Å²) in [5, 5.41) is 2.82. The van der Waals surface area contributed by atoms with Crippen molar-refractivity contribution in [1.82, 2.24) is 10.2 Å². The second-order valence-electron chi connectivity index (χ2n) is 8.61. The fraction of sp³-hybridized carbons (Fsp3) is 0.417. The van der Waals surface area contributed by atoms with Gasteiger partial charge in [0.15, 0.2) is 17.6 Å². The molecule has 3 rings (SSSR count). The van der Waals surface area contributed by atoms with Crippen LogP contribution >= 0.6 is 0 Å². The van der Waals surface area contributed by atoms with E-state index in [9.17, 15) is 9.59 Å². The Hall–Kier alpha value is -3.02. The first-order valence-electron chi connectivity index (χ1n) is 10.3. The summed E-state index contributed by atoms with van der Waals surface area (Å²) in [5.41, 5.74) is 1.81. The number of ether oxygens (including phenoxy) is 2. The van der Waals surface area contributed by atoms with E-state index in [2.05, 4.69) is 26.1 Å². The number of nitrogens with one attached hydrogen (secondary N) is 1. The van der Waals surface area contributed by atoms with Crippen LogP contribution in [-0.2, 0) is 10.2 Å². The molecule has 2 aromatic rings. The lowest BCUT2D eigenvalue weighted by Crippen LogP contribution is -2.42. The van der Waals surface area contributed by atoms with Crippen LogP contribution in [0.4, 0.5) is 0 Å². The highest BCUT2D eigenvalue weighted by Gasteiger charge is 2.23. The van der Waals surface area contributed by atoms with Crippen LogP contribution in [0, 0.1) is 0 Å². The van der Waals surface area contributed by atoms with Crippen LogP contribution in [-0.4, -0.2) is 49.6 Å². The Kier molecular flexibility index (Phi) is 6.65. The lowest BCUT2D eigenvalue weighted by atomic mass is 9.87. The van der Waals surface area contributed by atoms with E-state index in [1.807, 2.05) is 48.5 Å². The smallest absolute Gasteiger partial charge is 0.251 e. The number of likely N-dealkylation sites (N-methyl/N-ethyl adjacent to an activating group) is 1. The maximum atomic E-state index is 12.4. The van der Waals surface area contributed by atoms with Crippen molar-refractivity contribution in [3.8, 4) is 11.5 Å². The minimum atomic E-state index is -0.218. The zero-order chi connectivity index (χ0) is 21.7. The van der Waals surface area contributed by atoms with Gasteiger partial charge >= 0.3 is 0 Å². The zero-order valence-corrected chi connectivity index (χ0v) is 18.1. The third-order valence-electron chi connectivity index (χ3n) is 5.11. The molecule has 0 aromatic heterocycles. The van der Waals surface area contributed by atoms with Crippen molar-refractivity contribution in [2.75, 3.05) is 26.7 Å². The fourth-order valence-electron chi connectivity index (χ4n) is 3.26. The summed E-state index contributed by atoms with van der Waals surface area (Å²) in [4.78, 5) is 26.3. The second-order valence-corrected chi connectivity index (χ2v) is 8.61. The summed E-state index contributed by atoms with van der Waals surface area (Å²) in [5.74, 6) is 1.19. The van der Waals surface area contributed by atoms with Crippen LogP contribution in [0.5, 0.6) is 11.5 Å². The summed E-state index contributed by atoms with van der Waals surface area (Å²) in [6.45, 7) is 7.51. The van der Waals surface area contributed by atoms with Gasteiger partial charge in [-0.2, -0.15) is 0 Å². The van der Waals surface area contributed by atoms with Gasteiger partial charge < -0.3 is 19.7 Å². The highest BCUT2D eigenvalue weighted by molar-refractivity contribution is 5.94. The van der Waals surface area contributed by atoms with Gasteiger partial charge in [-0.05, 0) is 35.2 Å². The number of benzene rings is 2. The third kappa shape index (κ3) is 5.53. The molecule has 1 N–H and O–H groups in total. The molecule has 6 nitrogen and oxygen atoms in total. The molecule has 160 valence electrons. The van der Waals surface area contributed by atoms with E-state index in [1.54, 1.807) is 11.9 Å². The van der Waals surface area contributed by atoms with E-state index in [1.165, 1.54) is 5.56 Å². The largest absolute Gasteiger partial charge is 0.486 e. The van der Waals surface area contributed by atoms with Gasteiger partial charge in [0.1, 0.15) is 6.61 Å². The molecular weight excluding hydrogens is 380 g/mol. The maximum absolute atomic E-state index is 12.4. The maximum Gasteiger partial charge on any atom is 0.251 e. The molecule has 6 heteroatoms. The Morgan fingerprint density at radius 3 is 2.40 bits per heavy atom. The monoisotopic (exact) mass is 410 g/mol. The summed E-state index contributed by atoms with van der Waals surface area (Å²) >= 11 is 0. The van der Waals surface area contributed by atoms with Crippen LogP contribution in [0.1, 0.15) is 43.1 Å². The number of nitrogens with zero attached hydrogens (tertiary/aromatic N) is 1. The van der Waals surface area contributed by atoms with Gasteiger partial charge in [-0.25, -0.2) is 0 Å². The van der Waals surface area contributed by atoms with Crippen LogP contribution in [0.25, 0.3) is 0 Å². The number of hydrogen-bond acceptors (Lipinski definition) is 4. The molecule has 30 heavy (non-hydrogen) atoms. The van der Waals surface area contributed by atoms with Crippen molar-refractivity contribution in [2.45, 2.75) is 38.7 Å². The van der Waals surface area contributed by atoms with Crippen molar-refractivity contribution in [3.63, 3.8) is 0 Å². The lowest BCUT2D eigenvalue weighted by molar-refractivity contribution is -0.131. The fourth-order valence-corrected chi connectivity index (χ4v) is 3.26. The van der Waals surface area contributed by atoms with Crippen LogP contribution in [0.3, 0.4) is 0 Å². The number of hydrogen-bond donors (Lipinski definition) is 1. The SMILES string of the molecule is CN(CC1COc2ccccc2O1)C(=O)CCNC(=O)c1ccc(C(C)(C)C)cc1. The number of amides is 2. The minimum Gasteiger partial charge on any atom is -0.486 e. The Morgan fingerprint density at radius 2 is 1.73 bits per heavy atom. The summed E-state index contributed by atoms with van der Waals surface area (Å²) in [6.07, 6.45) is 0.0108. The molecule has 1 heterocycles. The second kappa shape index (κ2) is 9.20. The zero-order valence-electron chi connectivity index (χ0n) is 18.1. The van der Waals surface area contributed by atoms with Gasteiger partial charge in [0, 0.05) is 25.6 Å². The molecule has 0 fully saturated rings. The highest BCUT2D eigenvalue weighted by atomic mass is 16.6. The lowest BCUT2D eigenvalue weighted by Gasteiger charge is -2.29. The number of carbonyl (C=O) groups is 2. The molecule has 0 spiro atoms. The predicted molar refractivity (Wildman–Crippen MR) is 116 cm³/mol.